The zero-order valence-corrected chi connectivity index (χ0v) is 13.2. The number of halogens is 1. The average Bonchev–Trinajstić information content (AvgIpc) is 2.97. The van der Waals surface area contributed by atoms with Gasteiger partial charge in [-0.3, -0.25) is 0 Å². The van der Waals surface area contributed by atoms with Gasteiger partial charge >= 0.3 is 0 Å². The molecule has 1 aromatic heterocycles. The fourth-order valence-corrected chi connectivity index (χ4v) is 3.89. The first kappa shape index (κ1) is 14.7. The van der Waals surface area contributed by atoms with E-state index < -0.39 is 0 Å². The Bertz CT molecular complexity index is 611. The molecule has 0 unspecified atom stereocenters. The predicted octanol–water partition coefficient (Wildman–Crippen LogP) is 4.66. The Hall–Kier alpha value is -1.20. The van der Waals surface area contributed by atoms with Crippen molar-refractivity contribution >= 4 is 23.4 Å². The number of rotatable bonds is 4. The largest absolute Gasteiger partial charge is 0.508 e. The molecular weight excluding hydrogens is 308 g/mol. The standard InChI is InChI=1S/C15H17ClN2O2S/c16-13-7-6-10(19)8-12(13)15-17-14(18-20-15)9-21-11-4-2-1-3-5-11/h6-8,11,19H,1-5,9H2. The van der Waals surface area contributed by atoms with Crippen LogP contribution in [-0.2, 0) is 5.75 Å². The van der Waals surface area contributed by atoms with Crippen LogP contribution in [0.1, 0.15) is 37.9 Å². The lowest BCUT2D eigenvalue weighted by molar-refractivity contribution is 0.424. The molecule has 2 aromatic rings. The van der Waals surface area contributed by atoms with Gasteiger partial charge in [-0.2, -0.15) is 16.7 Å². The third kappa shape index (κ3) is 3.71. The number of hydrogen-bond acceptors (Lipinski definition) is 5. The van der Waals surface area contributed by atoms with Crippen molar-refractivity contribution in [3.63, 3.8) is 0 Å². The van der Waals surface area contributed by atoms with Crippen molar-refractivity contribution in [2.45, 2.75) is 43.1 Å². The third-order valence-electron chi connectivity index (χ3n) is 3.65. The van der Waals surface area contributed by atoms with E-state index in [2.05, 4.69) is 10.1 Å². The van der Waals surface area contributed by atoms with Gasteiger partial charge in [0.2, 0.25) is 0 Å². The van der Waals surface area contributed by atoms with Crippen LogP contribution in [0.5, 0.6) is 5.75 Å². The van der Waals surface area contributed by atoms with Gasteiger partial charge < -0.3 is 9.63 Å². The highest BCUT2D eigenvalue weighted by atomic mass is 35.5. The molecular formula is C15H17ClN2O2S. The summed E-state index contributed by atoms with van der Waals surface area (Å²) >= 11 is 7.99. The summed E-state index contributed by atoms with van der Waals surface area (Å²) in [6, 6.07) is 4.68. The van der Waals surface area contributed by atoms with Gasteiger partial charge in [0.15, 0.2) is 5.82 Å². The fourth-order valence-electron chi connectivity index (χ4n) is 2.52. The molecule has 1 N–H and O–H groups in total. The monoisotopic (exact) mass is 324 g/mol. The molecule has 112 valence electrons. The molecule has 1 aliphatic rings. The van der Waals surface area contributed by atoms with Gasteiger partial charge in [-0.15, -0.1) is 0 Å². The van der Waals surface area contributed by atoms with E-state index >= 15 is 0 Å². The third-order valence-corrected chi connectivity index (χ3v) is 5.35. The second kappa shape index (κ2) is 6.71. The Kier molecular flexibility index (Phi) is 4.70. The number of benzene rings is 1. The second-order valence-corrected chi connectivity index (χ2v) is 6.95. The van der Waals surface area contributed by atoms with E-state index in [1.165, 1.54) is 44.2 Å². The molecule has 4 nitrogen and oxygen atoms in total. The zero-order chi connectivity index (χ0) is 14.7. The molecule has 0 spiro atoms. The number of nitrogens with zero attached hydrogens (tertiary/aromatic N) is 2. The van der Waals surface area contributed by atoms with E-state index in [-0.39, 0.29) is 5.75 Å². The Morgan fingerprint density at radius 2 is 2.10 bits per heavy atom. The highest BCUT2D eigenvalue weighted by Gasteiger charge is 2.17. The SMILES string of the molecule is Oc1ccc(Cl)c(-c2nc(CSC3CCCCC3)no2)c1. The Balaban J connectivity index is 1.66. The Labute approximate surface area is 132 Å². The molecule has 0 atom stereocenters. The topological polar surface area (TPSA) is 59.2 Å². The summed E-state index contributed by atoms with van der Waals surface area (Å²) in [5.74, 6) is 1.92. The van der Waals surface area contributed by atoms with Gasteiger partial charge in [0.25, 0.3) is 5.89 Å². The van der Waals surface area contributed by atoms with Gasteiger partial charge in [0.1, 0.15) is 5.75 Å². The van der Waals surface area contributed by atoms with Crippen LogP contribution < -0.4 is 0 Å². The van der Waals surface area contributed by atoms with Crippen LogP contribution in [0, 0.1) is 0 Å². The molecule has 0 aliphatic heterocycles. The smallest absolute Gasteiger partial charge is 0.259 e. The fraction of sp³-hybridized carbons (Fsp3) is 0.467. The minimum atomic E-state index is 0.130. The Morgan fingerprint density at radius 1 is 1.29 bits per heavy atom. The summed E-state index contributed by atoms with van der Waals surface area (Å²) < 4.78 is 5.26. The molecule has 0 bridgehead atoms. The highest BCUT2D eigenvalue weighted by Crippen LogP contribution is 2.32. The van der Waals surface area contributed by atoms with Gasteiger partial charge in [-0.05, 0) is 31.0 Å². The lowest BCUT2D eigenvalue weighted by atomic mass is 10.0. The predicted molar refractivity (Wildman–Crippen MR) is 84.6 cm³/mol. The molecule has 0 saturated heterocycles. The molecule has 1 fully saturated rings. The van der Waals surface area contributed by atoms with E-state index in [0.29, 0.717) is 27.6 Å². The summed E-state index contributed by atoms with van der Waals surface area (Å²) in [7, 11) is 0. The van der Waals surface area contributed by atoms with Crippen molar-refractivity contribution in [2.24, 2.45) is 0 Å². The molecule has 0 radical (unpaired) electrons. The van der Waals surface area contributed by atoms with Gasteiger partial charge in [0.05, 0.1) is 16.3 Å². The molecule has 0 amide bonds. The average molecular weight is 325 g/mol. The molecule has 6 heteroatoms. The first-order valence-electron chi connectivity index (χ1n) is 7.15. The summed E-state index contributed by atoms with van der Waals surface area (Å²) in [4.78, 5) is 4.37. The maximum absolute atomic E-state index is 9.53. The van der Waals surface area contributed by atoms with Crippen LogP contribution >= 0.6 is 23.4 Å². The van der Waals surface area contributed by atoms with Crippen LogP contribution in [0.15, 0.2) is 22.7 Å². The maximum Gasteiger partial charge on any atom is 0.259 e. The normalized spacial score (nSPS) is 16.2. The lowest BCUT2D eigenvalue weighted by Crippen LogP contribution is -2.08. The highest BCUT2D eigenvalue weighted by molar-refractivity contribution is 7.99. The lowest BCUT2D eigenvalue weighted by Gasteiger charge is -2.19. The quantitative estimate of drug-likeness (QED) is 0.886. The van der Waals surface area contributed by atoms with Crippen LogP contribution in [0.25, 0.3) is 11.5 Å². The summed E-state index contributed by atoms with van der Waals surface area (Å²) in [5.41, 5.74) is 0.568. The van der Waals surface area contributed by atoms with Crippen molar-refractivity contribution in [3.05, 3.63) is 29.0 Å². The van der Waals surface area contributed by atoms with Crippen molar-refractivity contribution in [3.8, 4) is 17.2 Å². The second-order valence-electron chi connectivity index (χ2n) is 5.25. The van der Waals surface area contributed by atoms with E-state index in [1.54, 1.807) is 6.07 Å². The number of phenols is 1. The van der Waals surface area contributed by atoms with Crippen molar-refractivity contribution in [1.29, 1.82) is 0 Å². The molecule has 1 heterocycles. The zero-order valence-electron chi connectivity index (χ0n) is 11.6. The molecule has 1 aromatic carbocycles. The summed E-state index contributed by atoms with van der Waals surface area (Å²) in [5, 5.41) is 14.7. The summed E-state index contributed by atoms with van der Waals surface area (Å²) in [6.45, 7) is 0. The maximum atomic E-state index is 9.53. The number of hydrogen-bond donors (Lipinski definition) is 1. The van der Waals surface area contributed by atoms with Crippen molar-refractivity contribution in [2.75, 3.05) is 0 Å². The van der Waals surface area contributed by atoms with E-state index in [4.69, 9.17) is 16.1 Å². The van der Waals surface area contributed by atoms with Crippen LogP contribution in [0.2, 0.25) is 5.02 Å². The van der Waals surface area contributed by atoms with Crippen LogP contribution in [0.4, 0.5) is 0 Å². The van der Waals surface area contributed by atoms with Crippen molar-refractivity contribution in [1.82, 2.24) is 10.1 Å². The van der Waals surface area contributed by atoms with Gasteiger partial charge in [-0.25, -0.2) is 0 Å². The molecule has 1 saturated carbocycles. The summed E-state index contributed by atoms with van der Waals surface area (Å²) in [6.07, 6.45) is 6.59. The first-order valence-corrected chi connectivity index (χ1v) is 8.58. The first-order chi connectivity index (χ1) is 10.2. The van der Waals surface area contributed by atoms with Crippen LogP contribution in [-0.4, -0.2) is 20.5 Å². The van der Waals surface area contributed by atoms with E-state index in [9.17, 15) is 5.11 Å². The van der Waals surface area contributed by atoms with E-state index in [1.807, 2.05) is 11.8 Å². The number of aromatic hydroxyl groups is 1. The minimum absolute atomic E-state index is 0.130. The Morgan fingerprint density at radius 3 is 2.90 bits per heavy atom. The number of phenolic OH excluding ortho intramolecular Hbond substituents is 1. The van der Waals surface area contributed by atoms with Gasteiger partial charge in [-0.1, -0.05) is 36.0 Å². The molecule has 1 aliphatic carbocycles. The van der Waals surface area contributed by atoms with E-state index in [0.717, 1.165) is 5.75 Å². The molecule has 21 heavy (non-hydrogen) atoms. The number of aromatic nitrogens is 2. The van der Waals surface area contributed by atoms with Crippen molar-refractivity contribution < 1.29 is 9.63 Å². The van der Waals surface area contributed by atoms with Gasteiger partial charge in [0, 0.05) is 5.25 Å². The number of thioether (sulfide) groups is 1. The van der Waals surface area contributed by atoms with Crippen LogP contribution in [0.3, 0.4) is 0 Å². The molecule has 3 rings (SSSR count). The minimum Gasteiger partial charge on any atom is -0.508 e.